The summed E-state index contributed by atoms with van der Waals surface area (Å²) >= 11 is 0. The summed E-state index contributed by atoms with van der Waals surface area (Å²) in [5, 5.41) is 10.8. The zero-order valence-electron chi connectivity index (χ0n) is 12.7. The van der Waals surface area contributed by atoms with Gasteiger partial charge in [0.25, 0.3) is 15.7 Å². The molecule has 24 heavy (non-hydrogen) atoms. The fourth-order valence-electron chi connectivity index (χ4n) is 2.19. The van der Waals surface area contributed by atoms with E-state index in [0.29, 0.717) is 5.56 Å². The van der Waals surface area contributed by atoms with Crippen LogP contribution in [-0.4, -0.2) is 25.8 Å². The maximum absolute atomic E-state index is 12.8. The molecule has 0 atom stereocenters. The zero-order chi connectivity index (χ0) is 17.9. The molecule has 0 aromatic heterocycles. The molecule has 2 N–H and O–H groups in total. The quantitative estimate of drug-likeness (QED) is 0.626. The minimum Gasteiger partial charge on any atom is -0.368 e. The maximum atomic E-state index is 12.8. The Morgan fingerprint density at radius 2 is 1.83 bits per heavy atom. The van der Waals surface area contributed by atoms with Crippen molar-refractivity contribution < 1.29 is 18.1 Å². The van der Waals surface area contributed by atoms with Crippen LogP contribution in [0.3, 0.4) is 0 Å². The standard InChI is InChI=1S/C15H15N3O5S/c1-11-9-12(18(20)21)7-8-14(11)17(10-15(16)19)24(22,23)13-5-3-2-4-6-13/h2-9H,10H2,1H3,(H2,16,19). The highest BCUT2D eigenvalue weighted by molar-refractivity contribution is 7.92. The van der Waals surface area contributed by atoms with Gasteiger partial charge in [0.2, 0.25) is 5.91 Å². The van der Waals surface area contributed by atoms with Gasteiger partial charge in [-0.15, -0.1) is 0 Å². The first kappa shape index (κ1) is 17.4. The van der Waals surface area contributed by atoms with Crippen LogP contribution in [0.25, 0.3) is 0 Å². The average Bonchev–Trinajstić information content (AvgIpc) is 2.53. The Morgan fingerprint density at radius 3 is 2.33 bits per heavy atom. The average molecular weight is 349 g/mol. The van der Waals surface area contributed by atoms with Crippen LogP contribution in [0, 0.1) is 17.0 Å². The van der Waals surface area contributed by atoms with E-state index in [4.69, 9.17) is 5.73 Å². The summed E-state index contributed by atoms with van der Waals surface area (Å²) in [7, 11) is -4.04. The van der Waals surface area contributed by atoms with E-state index in [1.165, 1.54) is 37.3 Å². The van der Waals surface area contributed by atoms with Crippen molar-refractivity contribution in [2.45, 2.75) is 11.8 Å². The Hall–Kier alpha value is -2.94. The largest absolute Gasteiger partial charge is 0.368 e. The van der Waals surface area contributed by atoms with E-state index < -0.39 is 27.4 Å². The number of hydrogen-bond acceptors (Lipinski definition) is 5. The number of nitrogens with two attached hydrogens (primary N) is 1. The van der Waals surface area contributed by atoms with E-state index in [1.54, 1.807) is 18.2 Å². The molecule has 9 heteroatoms. The maximum Gasteiger partial charge on any atom is 0.269 e. The van der Waals surface area contributed by atoms with Crippen molar-refractivity contribution in [3.05, 3.63) is 64.2 Å². The fraction of sp³-hybridized carbons (Fsp3) is 0.133. The van der Waals surface area contributed by atoms with Gasteiger partial charge in [0.05, 0.1) is 15.5 Å². The molecule has 0 heterocycles. The highest BCUT2D eigenvalue weighted by atomic mass is 32.2. The van der Waals surface area contributed by atoms with Crippen molar-refractivity contribution >= 4 is 27.3 Å². The highest BCUT2D eigenvalue weighted by Crippen LogP contribution is 2.29. The van der Waals surface area contributed by atoms with Gasteiger partial charge in [-0.3, -0.25) is 19.2 Å². The number of benzene rings is 2. The number of amides is 1. The summed E-state index contributed by atoms with van der Waals surface area (Å²) in [6.45, 7) is 0.951. The second kappa shape index (κ2) is 6.67. The van der Waals surface area contributed by atoms with E-state index >= 15 is 0 Å². The third-order valence-electron chi connectivity index (χ3n) is 3.29. The van der Waals surface area contributed by atoms with Gasteiger partial charge in [-0.05, 0) is 30.7 Å². The normalized spacial score (nSPS) is 11.0. The highest BCUT2D eigenvalue weighted by Gasteiger charge is 2.28. The molecule has 0 unspecified atom stereocenters. The van der Waals surface area contributed by atoms with Crippen molar-refractivity contribution in [1.82, 2.24) is 0 Å². The van der Waals surface area contributed by atoms with E-state index in [2.05, 4.69) is 0 Å². The van der Waals surface area contributed by atoms with Gasteiger partial charge in [0.15, 0.2) is 0 Å². The summed E-state index contributed by atoms with van der Waals surface area (Å²) in [5.74, 6) is -0.841. The molecule has 2 rings (SSSR count). The van der Waals surface area contributed by atoms with Gasteiger partial charge in [-0.25, -0.2) is 8.42 Å². The lowest BCUT2D eigenvalue weighted by Gasteiger charge is -2.24. The molecule has 1 amide bonds. The van der Waals surface area contributed by atoms with Crippen molar-refractivity contribution in [1.29, 1.82) is 0 Å². The summed E-state index contributed by atoms with van der Waals surface area (Å²) < 4.78 is 26.5. The molecule has 0 aliphatic rings. The minimum absolute atomic E-state index is 0.0102. The lowest BCUT2D eigenvalue weighted by molar-refractivity contribution is -0.384. The van der Waals surface area contributed by atoms with Crippen LogP contribution in [-0.2, 0) is 14.8 Å². The van der Waals surface area contributed by atoms with Crippen LogP contribution >= 0.6 is 0 Å². The molecule has 0 fully saturated rings. The molecule has 8 nitrogen and oxygen atoms in total. The Balaban J connectivity index is 2.58. The lowest BCUT2D eigenvalue weighted by atomic mass is 10.2. The van der Waals surface area contributed by atoms with Gasteiger partial charge in [0.1, 0.15) is 6.54 Å². The molecule has 0 saturated carbocycles. The van der Waals surface area contributed by atoms with Crippen LogP contribution in [0.4, 0.5) is 11.4 Å². The molecular formula is C15H15N3O5S. The van der Waals surface area contributed by atoms with Gasteiger partial charge in [-0.2, -0.15) is 0 Å². The second-order valence-electron chi connectivity index (χ2n) is 5.02. The first-order chi connectivity index (χ1) is 11.2. The van der Waals surface area contributed by atoms with Crippen molar-refractivity contribution in [2.75, 3.05) is 10.8 Å². The van der Waals surface area contributed by atoms with Crippen LogP contribution in [0.2, 0.25) is 0 Å². The Labute approximate surface area is 138 Å². The number of nitrogens with zero attached hydrogens (tertiary/aromatic N) is 2. The molecular weight excluding hydrogens is 334 g/mol. The van der Waals surface area contributed by atoms with E-state index in [1.807, 2.05) is 0 Å². The molecule has 2 aromatic rings. The third-order valence-corrected chi connectivity index (χ3v) is 5.06. The number of carbonyl (C=O) groups is 1. The molecule has 0 bridgehead atoms. The Bertz CT molecular complexity index is 881. The summed E-state index contributed by atoms with van der Waals surface area (Å²) in [4.78, 5) is 21.6. The van der Waals surface area contributed by atoms with Crippen molar-refractivity contribution in [2.24, 2.45) is 5.73 Å². The summed E-state index contributed by atoms with van der Waals surface area (Å²) in [6, 6.07) is 11.3. The number of nitro benzene ring substituents is 1. The third kappa shape index (κ3) is 3.51. The lowest BCUT2D eigenvalue weighted by Crippen LogP contribution is -2.39. The predicted molar refractivity (Wildman–Crippen MR) is 88.0 cm³/mol. The SMILES string of the molecule is Cc1cc([N+](=O)[O-])ccc1N(CC(N)=O)S(=O)(=O)c1ccccc1. The van der Waals surface area contributed by atoms with Gasteiger partial charge in [0, 0.05) is 12.1 Å². The minimum atomic E-state index is -4.04. The number of rotatable bonds is 6. The molecule has 0 aliphatic heterocycles. The molecule has 0 spiro atoms. The number of anilines is 1. The zero-order valence-corrected chi connectivity index (χ0v) is 13.6. The summed E-state index contributed by atoms with van der Waals surface area (Å²) in [5.41, 5.74) is 5.50. The second-order valence-corrected chi connectivity index (χ2v) is 6.88. The number of sulfonamides is 1. The monoisotopic (exact) mass is 349 g/mol. The fourth-order valence-corrected chi connectivity index (χ4v) is 3.71. The topological polar surface area (TPSA) is 124 Å². The molecule has 126 valence electrons. The molecule has 0 saturated heterocycles. The summed E-state index contributed by atoms with van der Waals surface area (Å²) in [6.07, 6.45) is 0. The van der Waals surface area contributed by atoms with Crippen LogP contribution in [0.15, 0.2) is 53.4 Å². The Kier molecular flexibility index (Phi) is 4.84. The van der Waals surface area contributed by atoms with Gasteiger partial charge in [-0.1, -0.05) is 18.2 Å². The van der Waals surface area contributed by atoms with E-state index in [0.717, 1.165) is 4.31 Å². The first-order valence-electron chi connectivity index (χ1n) is 6.84. The van der Waals surface area contributed by atoms with E-state index in [-0.39, 0.29) is 16.3 Å². The number of aryl methyl sites for hydroxylation is 1. The van der Waals surface area contributed by atoms with Gasteiger partial charge >= 0.3 is 0 Å². The van der Waals surface area contributed by atoms with Crippen molar-refractivity contribution in [3.63, 3.8) is 0 Å². The number of primary amides is 1. The predicted octanol–water partition coefficient (Wildman–Crippen LogP) is 1.58. The number of carbonyl (C=O) groups excluding carboxylic acids is 1. The van der Waals surface area contributed by atoms with Crippen LogP contribution in [0.5, 0.6) is 0 Å². The Morgan fingerprint density at radius 1 is 1.21 bits per heavy atom. The number of non-ortho nitro benzene ring substituents is 1. The van der Waals surface area contributed by atoms with Crippen LogP contribution in [0.1, 0.15) is 5.56 Å². The number of hydrogen-bond donors (Lipinski definition) is 1. The van der Waals surface area contributed by atoms with Gasteiger partial charge < -0.3 is 5.73 Å². The van der Waals surface area contributed by atoms with Crippen LogP contribution < -0.4 is 10.0 Å². The first-order valence-corrected chi connectivity index (χ1v) is 8.28. The van der Waals surface area contributed by atoms with E-state index in [9.17, 15) is 23.3 Å². The molecule has 2 aromatic carbocycles. The van der Waals surface area contributed by atoms with Crippen molar-refractivity contribution in [3.8, 4) is 0 Å². The number of nitro groups is 1. The molecule has 0 radical (unpaired) electrons. The molecule has 0 aliphatic carbocycles. The smallest absolute Gasteiger partial charge is 0.269 e.